The SMILES string of the molecule is CC(C)(C)c1ccc(C(=O)N2CCC(S(C)(=O)=O)C2)cc1. The van der Waals surface area contributed by atoms with Gasteiger partial charge in [0.2, 0.25) is 0 Å². The molecule has 0 radical (unpaired) electrons. The van der Waals surface area contributed by atoms with Crippen LogP contribution >= 0.6 is 0 Å². The molecule has 0 saturated carbocycles. The van der Waals surface area contributed by atoms with Crippen LogP contribution in [0.5, 0.6) is 0 Å². The van der Waals surface area contributed by atoms with Crippen LogP contribution in [0, 0.1) is 0 Å². The minimum Gasteiger partial charge on any atom is -0.337 e. The third-order valence-electron chi connectivity index (χ3n) is 4.04. The molecular formula is C16H23NO3S. The van der Waals surface area contributed by atoms with E-state index < -0.39 is 15.1 Å². The molecule has 1 aliphatic rings. The van der Waals surface area contributed by atoms with Crippen LogP contribution in [0.2, 0.25) is 0 Å². The van der Waals surface area contributed by atoms with E-state index in [1.165, 1.54) is 11.8 Å². The molecule has 0 N–H and O–H groups in total. The van der Waals surface area contributed by atoms with Crippen LogP contribution in [0.4, 0.5) is 0 Å². The van der Waals surface area contributed by atoms with E-state index in [2.05, 4.69) is 20.8 Å². The molecule has 0 bridgehead atoms. The molecule has 1 fully saturated rings. The van der Waals surface area contributed by atoms with Gasteiger partial charge in [0.1, 0.15) is 0 Å². The fourth-order valence-electron chi connectivity index (χ4n) is 2.56. The molecule has 0 aromatic heterocycles. The van der Waals surface area contributed by atoms with Gasteiger partial charge in [-0.1, -0.05) is 32.9 Å². The molecular weight excluding hydrogens is 286 g/mol. The molecule has 1 saturated heterocycles. The second-order valence-corrected chi connectivity index (χ2v) is 9.14. The summed E-state index contributed by atoms with van der Waals surface area (Å²) in [6.07, 6.45) is 1.77. The number of amides is 1. The number of carbonyl (C=O) groups is 1. The summed E-state index contributed by atoms with van der Waals surface area (Å²) in [4.78, 5) is 14.0. The number of nitrogens with zero attached hydrogens (tertiary/aromatic N) is 1. The average Bonchev–Trinajstić information content (AvgIpc) is 2.86. The lowest BCUT2D eigenvalue weighted by Crippen LogP contribution is -2.31. The highest BCUT2D eigenvalue weighted by Gasteiger charge is 2.32. The standard InChI is InChI=1S/C16H23NO3S/c1-16(2,3)13-7-5-12(6-8-13)15(18)17-10-9-14(11-17)21(4,19)20/h5-8,14H,9-11H2,1-4H3. The maximum atomic E-state index is 12.4. The minimum absolute atomic E-state index is 0.0522. The van der Waals surface area contributed by atoms with Crippen molar-refractivity contribution in [3.8, 4) is 0 Å². The largest absolute Gasteiger partial charge is 0.337 e. The summed E-state index contributed by atoms with van der Waals surface area (Å²) in [5.74, 6) is -0.0818. The van der Waals surface area contributed by atoms with Crippen LogP contribution in [-0.2, 0) is 15.3 Å². The van der Waals surface area contributed by atoms with Gasteiger partial charge in [-0.3, -0.25) is 4.79 Å². The average molecular weight is 309 g/mol. The van der Waals surface area contributed by atoms with Crippen LogP contribution in [0.1, 0.15) is 43.1 Å². The van der Waals surface area contributed by atoms with Crippen LogP contribution in [0.15, 0.2) is 24.3 Å². The molecule has 5 heteroatoms. The Morgan fingerprint density at radius 3 is 2.19 bits per heavy atom. The molecule has 21 heavy (non-hydrogen) atoms. The molecule has 1 aromatic rings. The molecule has 1 unspecified atom stereocenters. The number of rotatable bonds is 2. The van der Waals surface area contributed by atoms with Gasteiger partial charge in [0.05, 0.1) is 5.25 Å². The molecule has 1 atom stereocenters. The van der Waals surface area contributed by atoms with Crippen molar-refractivity contribution >= 4 is 15.7 Å². The second-order valence-electron chi connectivity index (χ2n) is 6.82. The van der Waals surface area contributed by atoms with Gasteiger partial charge in [0, 0.05) is 24.9 Å². The maximum absolute atomic E-state index is 12.4. The van der Waals surface area contributed by atoms with Crippen molar-refractivity contribution < 1.29 is 13.2 Å². The summed E-state index contributed by atoms with van der Waals surface area (Å²) in [5, 5.41) is -0.421. The summed E-state index contributed by atoms with van der Waals surface area (Å²) in [6.45, 7) is 7.19. The third kappa shape index (κ3) is 3.64. The van der Waals surface area contributed by atoms with E-state index in [1.54, 1.807) is 4.90 Å². The van der Waals surface area contributed by atoms with Crippen molar-refractivity contribution in [2.24, 2.45) is 0 Å². The molecule has 1 heterocycles. The summed E-state index contributed by atoms with van der Waals surface area (Å²) < 4.78 is 23.1. The Kier molecular flexibility index (Phi) is 4.15. The van der Waals surface area contributed by atoms with Crippen molar-refractivity contribution in [1.29, 1.82) is 0 Å². The Labute approximate surface area is 127 Å². The Morgan fingerprint density at radius 1 is 1.19 bits per heavy atom. The number of hydrogen-bond acceptors (Lipinski definition) is 3. The van der Waals surface area contributed by atoms with Gasteiger partial charge >= 0.3 is 0 Å². The van der Waals surface area contributed by atoms with Crippen molar-refractivity contribution in [2.45, 2.75) is 37.9 Å². The summed E-state index contributed by atoms with van der Waals surface area (Å²) >= 11 is 0. The smallest absolute Gasteiger partial charge is 0.253 e. The van der Waals surface area contributed by atoms with Crippen molar-refractivity contribution in [3.05, 3.63) is 35.4 Å². The maximum Gasteiger partial charge on any atom is 0.253 e. The predicted octanol–water partition coefficient (Wildman–Crippen LogP) is 2.24. The quantitative estimate of drug-likeness (QED) is 0.842. The molecule has 0 aliphatic carbocycles. The lowest BCUT2D eigenvalue weighted by molar-refractivity contribution is 0.0793. The first-order valence-electron chi connectivity index (χ1n) is 7.18. The fourth-order valence-corrected chi connectivity index (χ4v) is 3.54. The summed E-state index contributed by atoms with van der Waals surface area (Å²) in [6, 6.07) is 7.60. The van der Waals surface area contributed by atoms with E-state index in [1.807, 2.05) is 24.3 Å². The number of hydrogen-bond donors (Lipinski definition) is 0. The van der Waals surface area contributed by atoms with Gasteiger partial charge < -0.3 is 4.90 Å². The highest BCUT2D eigenvalue weighted by molar-refractivity contribution is 7.91. The lowest BCUT2D eigenvalue weighted by Gasteiger charge is -2.20. The van der Waals surface area contributed by atoms with Crippen LogP contribution < -0.4 is 0 Å². The number of carbonyl (C=O) groups excluding carboxylic acids is 1. The summed E-state index contributed by atoms with van der Waals surface area (Å²) in [7, 11) is -3.07. The van der Waals surface area contributed by atoms with Gasteiger partial charge in [-0.25, -0.2) is 8.42 Å². The first-order chi connectivity index (χ1) is 9.59. The first-order valence-corrected chi connectivity index (χ1v) is 9.13. The van der Waals surface area contributed by atoms with Gasteiger partial charge in [-0.15, -0.1) is 0 Å². The first kappa shape index (κ1) is 16.0. The summed E-state index contributed by atoms with van der Waals surface area (Å²) in [5.41, 5.74) is 1.85. The highest BCUT2D eigenvalue weighted by atomic mass is 32.2. The van der Waals surface area contributed by atoms with Crippen LogP contribution in [-0.4, -0.2) is 43.8 Å². The molecule has 4 nitrogen and oxygen atoms in total. The molecule has 116 valence electrons. The van der Waals surface area contributed by atoms with Gasteiger partial charge in [-0.05, 0) is 29.5 Å². The van der Waals surface area contributed by atoms with E-state index in [-0.39, 0.29) is 11.3 Å². The molecule has 1 aliphatic heterocycles. The zero-order valence-electron chi connectivity index (χ0n) is 13.1. The molecule has 1 amide bonds. The second kappa shape index (κ2) is 5.44. The van der Waals surface area contributed by atoms with E-state index in [0.717, 1.165) is 0 Å². The molecule has 0 spiro atoms. The van der Waals surface area contributed by atoms with Crippen molar-refractivity contribution in [1.82, 2.24) is 4.90 Å². The Morgan fingerprint density at radius 2 is 1.76 bits per heavy atom. The van der Waals surface area contributed by atoms with Crippen LogP contribution in [0.25, 0.3) is 0 Å². The number of sulfone groups is 1. The van der Waals surface area contributed by atoms with Gasteiger partial charge in [0.25, 0.3) is 5.91 Å². The van der Waals surface area contributed by atoms with E-state index >= 15 is 0 Å². The fraction of sp³-hybridized carbons (Fsp3) is 0.562. The van der Waals surface area contributed by atoms with Gasteiger partial charge in [0.15, 0.2) is 9.84 Å². The van der Waals surface area contributed by atoms with Crippen LogP contribution in [0.3, 0.4) is 0 Å². The topological polar surface area (TPSA) is 54.5 Å². The number of likely N-dealkylation sites (tertiary alicyclic amines) is 1. The zero-order valence-corrected chi connectivity index (χ0v) is 13.9. The normalized spacial score (nSPS) is 19.8. The van der Waals surface area contributed by atoms with E-state index in [0.29, 0.717) is 25.1 Å². The molecule has 1 aromatic carbocycles. The Bertz CT molecular complexity index is 626. The minimum atomic E-state index is -3.07. The highest BCUT2D eigenvalue weighted by Crippen LogP contribution is 2.23. The Balaban J connectivity index is 2.11. The lowest BCUT2D eigenvalue weighted by atomic mass is 9.86. The van der Waals surface area contributed by atoms with E-state index in [9.17, 15) is 13.2 Å². The third-order valence-corrected chi connectivity index (χ3v) is 5.63. The van der Waals surface area contributed by atoms with Crippen molar-refractivity contribution in [3.63, 3.8) is 0 Å². The van der Waals surface area contributed by atoms with E-state index in [4.69, 9.17) is 0 Å². The Hall–Kier alpha value is -1.36. The monoisotopic (exact) mass is 309 g/mol. The zero-order chi connectivity index (χ0) is 15.8. The predicted molar refractivity (Wildman–Crippen MR) is 84.3 cm³/mol. The molecule has 2 rings (SSSR count). The number of benzene rings is 1. The van der Waals surface area contributed by atoms with Crippen molar-refractivity contribution in [2.75, 3.05) is 19.3 Å². The van der Waals surface area contributed by atoms with Gasteiger partial charge in [-0.2, -0.15) is 0 Å².